The summed E-state index contributed by atoms with van der Waals surface area (Å²) in [6.07, 6.45) is 0. The van der Waals surface area contributed by atoms with Crippen LogP contribution < -0.4 is 4.90 Å². The summed E-state index contributed by atoms with van der Waals surface area (Å²) in [5.41, 5.74) is 15.2. The Morgan fingerprint density at radius 2 is 1.02 bits per heavy atom. The van der Waals surface area contributed by atoms with Crippen LogP contribution in [0.1, 0.15) is 25.0 Å². The summed E-state index contributed by atoms with van der Waals surface area (Å²) in [4.78, 5) is 2.49. The summed E-state index contributed by atoms with van der Waals surface area (Å²) in [6, 6.07) is 68.5. The number of rotatable bonds is 5. The first-order chi connectivity index (χ1) is 27.0. The molecule has 260 valence electrons. The Balaban J connectivity index is 1.12. The summed E-state index contributed by atoms with van der Waals surface area (Å²) in [5, 5.41) is 7.16. The van der Waals surface area contributed by atoms with E-state index in [9.17, 15) is 0 Å². The third kappa shape index (κ3) is 4.81. The van der Waals surface area contributed by atoms with E-state index in [1.807, 2.05) is 12.1 Å². The van der Waals surface area contributed by atoms with Gasteiger partial charge in [0.15, 0.2) is 0 Å². The van der Waals surface area contributed by atoms with Crippen molar-refractivity contribution in [2.24, 2.45) is 0 Å². The first kappa shape index (κ1) is 31.6. The molecule has 0 aliphatic heterocycles. The SMILES string of the molecule is CC1(C)c2ccccc2-c2c(N(c3ccc(-c4cccc5cc6c(cc45)oc4ccccc46)cc3)c3ccccc3-c3cccc4ccccc34)cccc21. The zero-order chi connectivity index (χ0) is 36.7. The van der Waals surface area contributed by atoms with Gasteiger partial charge in [-0.2, -0.15) is 0 Å². The van der Waals surface area contributed by atoms with Crippen LogP contribution in [0, 0.1) is 0 Å². The molecule has 0 unspecified atom stereocenters. The van der Waals surface area contributed by atoms with Gasteiger partial charge in [-0.25, -0.2) is 0 Å². The minimum absolute atomic E-state index is 0.119. The van der Waals surface area contributed by atoms with Gasteiger partial charge < -0.3 is 9.32 Å². The summed E-state index contributed by atoms with van der Waals surface area (Å²) >= 11 is 0. The first-order valence-electron chi connectivity index (χ1n) is 19.1. The van der Waals surface area contributed by atoms with Crippen LogP contribution in [0.3, 0.4) is 0 Å². The van der Waals surface area contributed by atoms with Gasteiger partial charge in [-0.05, 0) is 97.4 Å². The van der Waals surface area contributed by atoms with Crippen molar-refractivity contribution in [2.45, 2.75) is 19.3 Å². The first-order valence-corrected chi connectivity index (χ1v) is 19.1. The highest BCUT2D eigenvalue weighted by Gasteiger charge is 2.38. The lowest BCUT2D eigenvalue weighted by Gasteiger charge is -2.31. The van der Waals surface area contributed by atoms with Gasteiger partial charge in [0.05, 0.1) is 11.4 Å². The number of benzene rings is 9. The molecule has 0 fully saturated rings. The standard InChI is InChI=1S/C53H37NO/c1-53(2)46-23-8-5-20-43(46)52-47(53)24-13-26-49(52)54(48-25-9-6-18-41(48)40-22-11-15-34-14-3-4-17-38(34)40)37-30-28-35(29-31-37)39-21-12-16-36-32-45-42-19-7-10-27-50(42)55-51(45)33-44(36)39/h3-33H,1-2H3. The predicted molar refractivity (Wildman–Crippen MR) is 232 cm³/mol. The molecular formula is C53H37NO. The fourth-order valence-electron chi connectivity index (χ4n) is 9.22. The second kappa shape index (κ2) is 12.1. The van der Waals surface area contributed by atoms with E-state index in [4.69, 9.17) is 4.42 Å². The number of fused-ring (bicyclic) bond motifs is 8. The smallest absolute Gasteiger partial charge is 0.136 e. The topological polar surface area (TPSA) is 16.4 Å². The molecule has 0 N–H and O–H groups in total. The van der Waals surface area contributed by atoms with E-state index in [2.05, 4.69) is 195 Å². The van der Waals surface area contributed by atoms with Gasteiger partial charge in [-0.1, -0.05) is 159 Å². The van der Waals surface area contributed by atoms with E-state index in [1.165, 1.54) is 66.2 Å². The molecule has 1 heterocycles. The lowest BCUT2D eigenvalue weighted by molar-refractivity contribution is 0.660. The van der Waals surface area contributed by atoms with Gasteiger partial charge in [0.25, 0.3) is 0 Å². The van der Waals surface area contributed by atoms with Gasteiger partial charge in [0.1, 0.15) is 11.2 Å². The second-order valence-electron chi connectivity index (χ2n) is 15.3. The van der Waals surface area contributed by atoms with Crippen molar-refractivity contribution in [3.05, 3.63) is 199 Å². The van der Waals surface area contributed by atoms with Crippen LogP contribution in [-0.4, -0.2) is 0 Å². The fraction of sp³-hybridized carbons (Fsp3) is 0.0566. The third-order valence-corrected chi connectivity index (χ3v) is 11.9. The van der Waals surface area contributed by atoms with Crippen molar-refractivity contribution in [1.82, 2.24) is 0 Å². The van der Waals surface area contributed by atoms with Crippen molar-refractivity contribution in [1.29, 1.82) is 0 Å². The fourth-order valence-corrected chi connectivity index (χ4v) is 9.22. The molecule has 10 aromatic rings. The van der Waals surface area contributed by atoms with Gasteiger partial charge in [-0.15, -0.1) is 0 Å². The summed E-state index contributed by atoms with van der Waals surface area (Å²) in [5.74, 6) is 0. The number of hydrogen-bond acceptors (Lipinski definition) is 2. The van der Waals surface area contributed by atoms with E-state index < -0.39 is 0 Å². The van der Waals surface area contributed by atoms with Crippen molar-refractivity contribution in [3.8, 4) is 33.4 Å². The maximum Gasteiger partial charge on any atom is 0.136 e. The second-order valence-corrected chi connectivity index (χ2v) is 15.3. The van der Waals surface area contributed by atoms with E-state index in [0.29, 0.717) is 0 Å². The molecule has 0 saturated carbocycles. The van der Waals surface area contributed by atoms with Gasteiger partial charge in [0.2, 0.25) is 0 Å². The molecular weight excluding hydrogens is 667 g/mol. The van der Waals surface area contributed by atoms with Crippen molar-refractivity contribution in [3.63, 3.8) is 0 Å². The maximum atomic E-state index is 6.34. The number of nitrogens with zero attached hydrogens (tertiary/aromatic N) is 1. The molecule has 11 rings (SSSR count). The van der Waals surface area contributed by atoms with Crippen LogP contribution in [0.4, 0.5) is 17.1 Å². The summed E-state index contributed by atoms with van der Waals surface area (Å²) in [6.45, 7) is 4.71. The van der Waals surface area contributed by atoms with Crippen LogP contribution in [0.2, 0.25) is 0 Å². The van der Waals surface area contributed by atoms with Crippen molar-refractivity contribution in [2.75, 3.05) is 4.90 Å². The quantitative estimate of drug-likeness (QED) is 0.177. The lowest BCUT2D eigenvalue weighted by Crippen LogP contribution is -2.16. The maximum absolute atomic E-state index is 6.34. The van der Waals surface area contributed by atoms with E-state index in [-0.39, 0.29) is 5.41 Å². The Hall–Kier alpha value is -6.90. The van der Waals surface area contributed by atoms with E-state index >= 15 is 0 Å². The summed E-state index contributed by atoms with van der Waals surface area (Å²) in [7, 11) is 0. The van der Waals surface area contributed by atoms with Crippen molar-refractivity contribution < 1.29 is 4.42 Å². The molecule has 2 heteroatoms. The monoisotopic (exact) mass is 703 g/mol. The molecule has 1 aliphatic carbocycles. The molecule has 55 heavy (non-hydrogen) atoms. The Kier molecular flexibility index (Phi) is 6.93. The molecule has 0 amide bonds. The van der Waals surface area contributed by atoms with E-state index in [1.54, 1.807) is 0 Å². The van der Waals surface area contributed by atoms with Crippen LogP contribution >= 0.6 is 0 Å². The van der Waals surface area contributed by atoms with Gasteiger partial charge in [0, 0.05) is 33.0 Å². The lowest BCUT2D eigenvalue weighted by atomic mass is 9.82. The molecule has 9 aromatic carbocycles. The molecule has 0 saturated heterocycles. The molecule has 0 atom stereocenters. The van der Waals surface area contributed by atoms with Gasteiger partial charge >= 0.3 is 0 Å². The normalized spacial score (nSPS) is 13.1. The Morgan fingerprint density at radius 3 is 1.89 bits per heavy atom. The number of furan rings is 1. The predicted octanol–water partition coefficient (Wildman–Crippen LogP) is 15.0. The van der Waals surface area contributed by atoms with Crippen molar-refractivity contribution >= 4 is 60.5 Å². The molecule has 2 nitrogen and oxygen atoms in total. The Labute approximate surface area is 320 Å². The van der Waals surface area contributed by atoms with Gasteiger partial charge in [-0.3, -0.25) is 0 Å². The Morgan fingerprint density at radius 1 is 0.400 bits per heavy atom. The largest absolute Gasteiger partial charge is 0.456 e. The number of para-hydroxylation sites is 2. The Bertz CT molecular complexity index is 3120. The molecule has 0 radical (unpaired) electrons. The van der Waals surface area contributed by atoms with E-state index in [0.717, 1.165) is 38.9 Å². The zero-order valence-electron chi connectivity index (χ0n) is 30.8. The zero-order valence-corrected chi connectivity index (χ0v) is 30.8. The van der Waals surface area contributed by atoms with Crippen LogP contribution in [-0.2, 0) is 5.41 Å². The van der Waals surface area contributed by atoms with Crippen LogP contribution in [0.25, 0.3) is 76.9 Å². The molecule has 1 aromatic heterocycles. The highest BCUT2D eigenvalue weighted by molar-refractivity contribution is 6.12. The minimum Gasteiger partial charge on any atom is -0.456 e. The highest BCUT2D eigenvalue weighted by atomic mass is 16.3. The summed E-state index contributed by atoms with van der Waals surface area (Å²) < 4.78 is 6.34. The highest BCUT2D eigenvalue weighted by Crippen LogP contribution is 2.55. The minimum atomic E-state index is -0.119. The molecule has 1 aliphatic rings. The average Bonchev–Trinajstić information content (AvgIpc) is 3.71. The number of hydrogen-bond donors (Lipinski definition) is 0. The van der Waals surface area contributed by atoms with Crippen LogP contribution in [0.5, 0.6) is 0 Å². The van der Waals surface area contributed by atoms with Crippen LogP contribution in [0.15, 0.2) is 192 Å². The average molecular weight is 704 g/mol. The molecule has 0 spiro atoms. The third-order valence-electron chi connectivity index (χ3n) is 11.9. The molecule has 0 bridgehead atoms. The number of anilines is 3.